The van der Waals surface area contributed by atoms with Gasteiger partial charge in [0.2, 0.25) is 0 Å². The predicted molar refractivity (Wildman–Crippen MR) is 74.9 cm³/mol. The van der Waals surface area contributed by atoms with E-state index in [1.165, 1.54) is 17.2 Å². The van der Waals surface area contributed by atoms with Gasteiger partial charge in [0.1, 0.15) is 0 Å². The number of benzene rings is 1. The minimum Gasteiger partial charge on any atom is -0.394 e. The zero-order valence-electron chi connectivity index (χ0n) is 11.5. The Morgan fingerprint density at radius 2 is 1.53 bits per heavy atom. The molecule has 0 bridgehead atoms. The van der Waals surface area contributed by atoms with Crippen LogP contribution >= 0.6 is 0 Å². The maximum atomic E-state index is 5.73. The van der Waals surface area contributed by atoms with Crippen LogP contribution in [0, 0.1) is 0 Å². The van der Waals surface area contributed by atoms with E-state index >= 15 is 0 Å². The van der Waals surface area contributed by atoms with Crippen LogP contribution in [0.3, 0.4) is 0 Å². The van der Waals surface area contributed by atoms with Crippen molar-refractivity contribution in [1.29, 1.82) is 0 Å². The molecule has 0 saturated carbocycles. The van der Waals surface area contributed by atoms with Crippen molar-refractivity contribution in [2.75, 3.05) is 14.2 Å². The second-order valence-electron chi connectivity index (χ2n) is 4.36. The largest absolute Gasteiger partial charge is 0.394 e. The second kappa shape index (κ2) is 6.94. The summed E-state index contributed by atoms with van der Waals surface area (Å²) in [5.74, 6) is 0. The molecular weight excluding hydrogens is 228 g/mol. The molecule has 0 aliphatic heterocycles. The molecule has 0 spiro atoms. The Bertz CT molecular complexity index is 317. The molecule has 1 rings (SSSR count). The van der Waals surface area contributed by atoms with Crippen molar-refractivity contribution >= 4 is 13.7 Å². The first kappa shape index (κ1) is 14.4. The molecule has 1 aromatic carbocycles. The molecule has 0 aliphatic rings. The number of rotatable bonds is 7. The molecule has 2 nitrogen and oxygen atoms in total. The van der Waals surface area contributed by atoms with Crippen molar-refractivity contribution < 1.29 is 8.85 Å². The molecule has 3 heteroatoms. The van der Waals surface area contributed by atoms with E-state index in [-0.39, 0.29) is 0 Å². The molecule has 0 saturated heterocycles. The number of hydrogen-bond acceptors (Lipinski definition) is 2. The van der Waals surface area contributed by atoms with E-state index in [9.17, 15) is 0 Å². The Morgan fingerprint density at radius 3 is 1.94 bits per heavy atom. The number of hydrogen-bond donors (Lipinski definition) is 0. The fraction of sp³-hybridized carbons (Fsp3) is 0.571. The maximum absolute atomic E-state index is 5.73. The van der Waals surface area contributed by atoms with Gasteiger partial charge in [-0.3, -0.25) is 0 Å². The van der Waals surface area contributed by atoms with Crippen LogP contribution < -0.4 is 5.19 Å². The van der Waals surface area contributed by atoms with Gasteiger partial charge < -0.3 is 8.85 Å². The molecule has 0 heterocycles. The van der Waals surface area contributed by atoms with Gasteiger partial charge in [0, 0.05) is 14.2 Å². The summed E-state index contributed by atoms with van der Waals surface area (Å²) in [5, 5.41) is 1.24. The van der Waals surface area contributed by atoms with Gasteiger partial charge in [-0.1, -0.05) is 51.0 Å². The minimum absolute atomic E-state index is 1.01. The lowest BCUT2D eigenvalue weighted by atomic mass is 10.1. The first-order valence-corrected chi connectivity index (χ1v) is 8.44. The standard InChI is InChI=1S/C14H24O2Si/c1-5-7-13-8-10-14(11-9-13)17(15-3,16-4)12-6-2/h8-11H,5-7,12H2,1-4H3. The van der Waals surface area contributed by atoms with E-state index < -0.39 is 8.56 Å². The monoisotopic (exact) mass is 252 g/mol. The molecule has 0 aliphatic carbocycles. The summed E-state index contributed by atoms with van der Waals surface area (Å²) in [5.41, 5.74) is 1.39. The third-order valence-corrected chi connectivity index (χ3v) is 6.86. The average molecular weight is 252 g/mol. The summed E-state index contributed by atoms with van der Waals surface area (Å²) in [7, 11) is 1.37. The summed E-state index contributed by atoms with van der Waals surface area (Å²) in [6.45, 7) is 4.37. The van der Waals surface area contributed by atoms with E-state index in [0.717, 1.165) is 18.9 Å². The van der Waals surface area contributed by atoms with Gasteiger partial charge in [-0.25, -0.2) is 0 Å². The van der Waals surface area contributed by atoms with E-state index in [2.05, 4.69) is 38.1 Å². The summed E-state index contributed by atoms with van der Waals surface area (Å²) in [6, 6.07) is 9.77. The molecule has 0 N–H and O–H groups in total. The smallest absolute Gasteiger partial charge is 0.371 e. The van der Waals surface area contributed by atoms with E-state index in [1.54, 1.807) is 14.2 Å². The van der Waals surface area contributed by atoms with Crippen molar-refractivity contribution in [1.82, 2.24) is 0 Å². The summed E-state index contributed by atoms with van der Waals surface area (Å²) in [6.07, 6.45) is 3.42. The van der Waals surface area contributed by atoms with Crippen LogP contribution in [-0.2, 0) is 15.3 Å². The van der Waals surface area contributed by atoms with Crippen molar-refractivity contribution in [3.63, 3.8) is 0 Å². The van der Waals surface area contributed by atoms with Crippen molar-refractivity contribution in [2.24, 2.45) is 0 Å². The van der Waals surface area contributed by atoms with Gasteiger partial charge >= 0.3 is 8.56 Å². The minimum atomic E-state index is -2.17. The Labute approximate surface area is 106 Å². The van der Waals surface area contributed by atoms with Gasteiger partial charge in [-0.05, 0) is 23.2 Å². The lowest BCUT2D eigenvalue weighted by Gasteiger charge is -2.27. The van der Waals surface area contributed by atoms with Gasteiger partial charge in [0.15, 0.2) is 0 Å². The molecule has 96 valence electrons. The Balaban J connectivity index is 2.94. The van der Waals surface area contributed by atoms with Crippen LogP contribution in [-0.4, -0.2) is 22.8 Å². The molecule has 0 fully saturated rings. The normalized spacial score (nSPS) is 11.8. The highest BCUT2D eigenvalue weighted by Crippen LogP contribution is 2.15. The zero-order valence-corrected chi connectivity index (χ0v) is 12.5. The first-order chi connectivity index (χ1) is 8.22. The molecule has 1 aromatic rings. The number of aryl methyl sites for hydroxylation is 1. The molecule has 0 unspecified atom stereocenters. The van der Waals surface area contributed by atoms with Crippen LogP contribution in [0.5, 0.6) is 0 Å². The lowest BCUT2D eigenvalue weighted by Crippen LogP contribution is -2.52. The molecular formula is C14H24O2Si. The van der Waals surface area contributed by atoms with Gasteiger partial charge in [-0.2, -0.15) is 0 Å². The molecule has 0 atom stereocenters. The molecule has 0 amide bonds. The van der Waals surface area contributed by atoms with Crippen LogP contribution in [0.4, 0.5) is 0 Å². The first-order valence-electron chi connectivity index (χ1n) is 6.42. The SMILES string of the molecule is CCCc1ccc([Si](CCC)(OC)OC)cc1. The van der Waals surface area contributed by atoms with Crippen LogP contribution in [0.2, 0.25) is 6.04 Å². The second-order valence-corrected chi connectivity index (χ2v) is 7.76. The van der Waals surface area contributed by atoms with E-state index in [4.69, 9.17) is 8.85 Å². The van der Waals surface area contributed by atoms with Gasteiger partial charge in [-0.15, -0.1) is 0 Å². The third kappa shape index (κ3) is 3.41. The predicted octanol–water partition coefficient (Wildman–Crippen LogP) is 2.99. The summed E-state index contributed by atoms with van der Waals surface area (Å²) >= 11 is 0. The van der Waals surface area contributed by atoms with Crippen LogP contribution in [0.25, 0.3) is 0 Å². The Kier molecular flexibility index (Phi) is 5.89. The molecule has 17 heavy (non-hydrogen) atoms. The fourth-order valence-electron chi connectivity index (χ4n) is 2.21. The summed E-state index contributed by atoms with van der Waals surface area (Å²) in [4.78, 5) is 0. The maximum Gasteiger partial charge on any atom is 0.371 e. The van der Waals surface area contributed by atoms with Gasteiger partial charge in [0.25, 0.3) is 0 Å². The molecule has 0 radical (unpaired) electrons. The van der Waals surface area contributed by atoms with Crippen molar-refractivity contribution in [2.45, 2.75) is 39.2 Å². The van der Waals surface area contributed by atoms with Crippen molar-refractivity contribution in [3.05, 3.63) is 29.8 Å². The average Bonchev–Trinajstić information content (AvgIpc) is 2.38. The fourth-order valence-corrected chi connectivity index (χ4v) is 4.88. The highest BCUT2D eigenvalue weighted by molar-refractivity contribution is 6.81. The van der Waals surface area contributed by atoms with Crippen LogP contribution in [0.1, 0.15) is 32.3 Å². The zero-order chi connectivity index (χ0) is 12.7. The van der Waals surface area contributed by atoms with E-state index in [0.29, 0.717) is 0 Å². The molecule has 0 aromatic heterocycles. The quantitative estimate of drug-likeness (QED) is 0.695. The van der Waals surface area contributed by atoms with Crippen LogP contribution in [0.15, 0.2) is 24.3 Å². The highest BCUT2D eigenvalue weighted by Gasteiger charge is 2.36. The van der Waals surface area contributed by atoms with Gasteiger partial charge in [0.05, 0.1) is 0 Å². The Hall–Kier alpha value is -0.643. The highest BCUT2D eigenvalue weighted by atomic mass is 28.4. The summed E-state index contributed by atoms with van der Waals surface area (Å²) < 4.78 is 11.5. The van der Waals surface area contributed by atoms with E-state index in [1.807, 2.05) is 0 Å². The lowest BCUT2D eigenvalue weighted by molar-refractivity contribution is 0.257. The Morgan fingerprint density at radius 1 is 0.941 bits per heavy atom. The van der Waals surface area contributed by atoms with Crippen molar-refractivity contribution in [3.8, 4) is 0 Å². The third-order valence-electron chi connectivity index (χ3n) is 3.17. The topological polar surface area (TPSA) is 18.5 Å².